The summed E-state index contributed by atoms with van der Waals surface area (Å²) in [7, 11) is 0. The summed E-state index contributed by atoms with van der Waals surface area (Å²) in [6.07, 6.45) is 1.17. The predicted octanol–water partition coefficient (Wildman–Crippen LogP) is 2.36. The zero-order chi connectivity index (χ0) is 12.1. The maximum Gasteiger partial charge on any atom is 0.129 e. The van der Waals surface area contributed by atoms with Gasteiger partial charge in [-0.05, 0) is 27.7 Å². The highest BCUT2D eigenvalue weighted by Crippen LogP contribution is 1.72. The third kappa shape index (κ3) is 110. The van der Waals surface area contributed by atoms with Crippen molar-refractivity contribution in [3.05, 3.63) is 0 Å². The molecule has 0 aliphatic carbocycles. The number of aliphatic hydroxyl groups excluding tert-OH is 1. The van der Waals surface area contributed by atoms with Crippen molar-refractivity contribution in [2.45, 2.75) is 60.5 Å². The molecule has 0 radical (unpaired) electrons. The number of carbonyl (C=O) groups excluding carboxylic acids is 2. The zero-order valence-corrected chi connectivity index (χ0v) is 10.3. The summed E-state index contributed by atoms with van der Waals surface area (Å²) in [6.45, 7) is 10.3. The fourth-order valence-corrected chi connectivity index (χ4v) is 0. The van der Waals surface area contributed by atoms with Crippen molar-refractivity contribution in [1.82, 2.24) is 0 Å². The van der Waals surface area contributed by atoms with E-state index in [2.05, 4.69) is 0 Å². The van der Waals surface area contributed by atoms with Crippen LogP contribution in [0.4, 0.5) is 0 Å². The predicted molar refractivity (Wildman–Crippen MR) is 59.3 cm³/mol. The van der Waals surface area contributed by atoms with Crippen LogP contribution in [0.2, 0.25) is 0 Å². The van der Waals surface area contributed by atoms with Gasteiger partial charge in [0.2, 0.25) is 0 Å². The molecule has 0 saturated carbocycles. The highest BCUT2D eigenvalue weighted by Gasteiger charge is 1.77. The first-order valence-electron chi connectivity index (χ1n) is 4.94. The summed E-state index contributed by atoms with van der Waals surface area (Å²) in [4.78, 5) is 19.6. The van der Waals surface area contributed by atoms with Crippen LogP contribution < -0.4 is 0 Å². The van der Waals surface area contributed by atoms with Crippen molar-refractivity contribution in [2.24, 2.45) is 0 Å². The van der Waals surface area contributed by atoms with Crippen molar-refractivity contribution < 1.29 is 14.7 Å². The van der Waals surface area contributed by atoms with E-state index in [1.807, 2.05) is 13.8 Å². The Bertz CT molecular complexity index is 123. The fourth-order valence-electron chi connectivity index (χ4n) is 0. The van der Waals surface area contributed by atoms with Gasteiger partial charge in [0.1, 0.15) is 11.6 Å². The molecule has 3 heteroatoms. The van der Waals surface area contributed by atoms with Crippen molar-refractivity contribution in [3.63, 3.8) is 0 Å². The van der Waals surface area contributed by atoms with Crippen LogP contribution in [0, 0.1) is 0 Å². The summed E-state index contributed by atoms with van der Waals surface area (Å²) in [5.74, 6) is 0.509. The van der Waals surface area contributed by atoms with Crippen LogP contribution in [-0.2, 0) is 9.59 Å². The Morgan fingerprint density at radius 2 is 1.07 bits per heavy atom. The van der Waals surface area contributed by atoms with Crippen LogP contribution in [0.15, 0.2) is 0 Å². The smallest absolute Gasteiger partial charge is 0.129 e. The van der Waals surface area contributed by atoms with Crippen molar-refractivity contribution in [1.29, 1.82) is 0 Å². The van der Waals surface area contributed by atoms with Crippen LogP contribution in [-0.4, -0.2) is 22.8 Å². The molecule has 0 spiro atoms. The van der Waals surface area contributed by atoms with Crippen LogP contribution in [0.5, 0.6) is 0 Å². The summed E-state index contributed by atoms with van der Waals surface area (Å²) in [5, 5.41) is 8.06. The van der Waals surface area contributed by atoms with Gasteiger partial charge in [0.25, 0.3) is 0 Å². The largest absolute Gasteiger partial charge is 0.394 e. The van der Waals surface area contributed by atoms with Gasteiger partial charge in [-0.2, -0.15) is 0 Å². The minimum atomic E-state index is -0.167. The van der Waals surface area contributed by atoms with Gasteiger partial charge >= 0.3 is 0 Å². The summed E-state index contributed by atoms with van der Waals surface area (Å²) >= 11 is 0. The molecule has 86 valence electrons. The molecule has 0 amide bonds. The van der Waals surface area contributed by atoms with Gasteiger partial charge in [-0.25, -0.2) is 0 Å². The summed E-state index contributed by atoms with van der Waals surface area (Å²) in [5.41, 5.74) is 0. The first-order valence-corrected chi connectivity index (χ1v) is 4.94. The molecule has 0 bridgehead atoms. The van der Waals surface area contributed by atoms with Crippen molar-refractivity contribution in [3.8, 4) is 0 Å². The molecule has 0 saturated heterocycles. The van der Waals surface area contributed by atoms with Crippen molar-refractivity contribution in [2.75, 3.05) is 0 Å². The Labute approximate surface area is 87.5 Å². The van der Waals surface area contributed by atoms with Gasteiger partial charge in [-0.3, -0.25) is 0 Å². The molecule has 0 heterocycles. The molecule has 0 atom stereocenters. The minimum absolute atomic E-state index is 0.167. The maximum atomic E-state index is 9.81. The molecule has 0 unspecified atom stereocenters. The van der Waals surface area contributed by atoms with Gasteiger partial charge in [0, 0.05) is 18.9 Å². The number of rotatable bonds is 2. The molecular weight excluding hydrogens is 180 g/mol. The maximum absolute atomic E-state index is 9.81. The van der Waals surface area contributed by atoms with E-state index in [-0.39, 0.29) is 17.7 Å². The number of Topliss-reactive ketones (excluding diaryl/α,β-unsaturated/α-hetero) is 2. The number of ketones is 2. The Morgan fingerprint density at radius 3 is 1.07 bits per heavy atom. The monoisotopic (exact) mass is 204 g/mol. The Balaban J connectivity index is -0.000000131. The quantitative estimate of drug-likeness (QED) is 0.751. The number of aliphatic hydroxyl groups is 1. The van der Waals surface area contributed by atoms with Gasteiger partial charge in [0.05, 0.1) is 0 Å². The molecule has 0 aliphatic rings. The average molecular weight is 204 g/mol. The topological polar surface area (TPSA) is 54.4 Å². The molecule has 3 nitrogen and oxygen atoms in total. The van der Waals surface area contributed by atoms with Crippen LogP contribution in [0.1, 0.15) is 54.4 Å². The van der Waals surface area contributed by atoms with Gasteiger partial charge < -0.3 is 14.7 Å². The highest BCUT2D eigenvalue weighted by atomic mass is 16.3. The summed E-state index contributed by atoms with van der Waals surface area (Å²) < 4.78 is 0. The lowest BCUT2D eigenvalue weighted by atomic mass is 10.4. The normalized spacial score (nSPS) is 8.00. The van der Waals surface area contributed by atoms with E-state index in [1.54, 1.807) is 27.7 Å². The lowest BCUT2D eigenvalue weighted by Crippen LogP contribution is -1.85. The minimum Gasteiger partial charge on any atom is -0.394 e. The highest BCUT2D eigenvalue weighted by molar-refractivity contribution is 5.75. The number of carbonyl (C=O) groups is 2. The van der Waals surface area contributed by atoms with Gasteiger partial charge in [0.15, 0.2) is 0 Å². The molecular formula is C11H24O3. The second kappa shape index (κ2) is 14.8. The van der Waals surface area contributed by atoms with Gasteiger partial charge in [-0.15, -0.1) is 0 Å². The number of hydrogen-bond acceptors (Lipinski definition) is 3. The molecule has 1 N–H and O–H groups in total. The molecule has 0 aromatic carbocycles. The van der Waals surface area contributed by atoms with E-state index in [0.29, 0.717) is 12.8 Å². The van der Waals surface area contributed by atoms with Crippen LogP contribution >= 0.6 is 0 Å². The van der Waals surface area contributed by atoms with Crippen LogP contribution in [0.3, 0.4) is 0 Å². The number of hydrogen-bond donors (Lipinski definition) is 1. The fraction of sp³-hybridized carbons (Fsp3) is 0.818. The lowest BCUT2D eigenvalue weighted by Gasteiger charge is -1.80. The SMILES string of the molecule is CC(C)O.CCC(C)=O.CCC(C)=O. The molecule has 0 fully saturated rings. The molecule has 14 heavy (non-hydrogen) atoms. The molecule has 0 aliphatic heterocycles. The van der Waals surface area contributed by atoms with E-state index >= 15 is 0 Å². The standard InChI is InChI=1S/2C4H8O.C3H8O/c2*1-3-4(2)5;1-3(2)4/h2*3H2,1-2H3;3-4H,1-2H3. The summed E-state index contributed by atoms with van der Waals surface area (Å²) in [6, 6.07) is 0. The second-order valence-electron chi connectivity index (χ2n) is 3.20. The van der Waals surface area contributed by atoms with E-state index in [4.69, 9.17) is 5.11 Å². The van der Waals surface area contributed by atoms with Gasteiger partial charge in [-0.1, -0.05) is 13.8 Å². The third-order valence-electron chi connectivity index (χ3n) is 0.996. The Kier molecular flexibility index (Phi) is 20.1. The Morgan fingerprint density at radius 1 is 1.00 bits per heavy atom. The van der Waals surface area contributed by atoms with Crippen molar-refractivity contribution >= 4 is 11.6 Å². The second-order valence-corrected chi connectivity index (χ2v) is 3.20. The third-order valence-corrected chi connectivity index (χ3v) is 0.996. The lowest BCUT2D eigenvalue weighted by molar-refractivity contribution is -0.117. The van der Waals surface area contributed by atoms with E-state index < -0.39 is 0 Å². The van der Waals surface area contributed by atoms with E-state index in [9.17, 15) is 9.59 Å². The Hall–Kier alpha value is -0.700. The molecule has 0 aromatic rings. The molecule has 0 rings (SSSR count). The first kappa shape index (κ1) is 19.0. The first-order chi connectivity index (χ1) is 6.27. The zero-order valence-electron chi connectivity index (χ0n) is 10.3. The van der Waals surface area contributed by atoms with E-state index in [1.165, 1.54) is 0 Å². The molecule has 0 aromatic heterocycles. The van der Waals surface area contributed by atoms with E-state index in [0.717, 1.165) is 0 Å². The van der Waals surface area contributed by atoms with Crippen LogP contribution in [0.25, 0.3) is 0 Å². The average Bonchev–Trinajstić information content (AvgIpc) is 2.04.